The number of aromatic nitrogens is 1. The van der Waals surface area contributed by atoms with Gasteiger partial charge < -0.3 is 20.2 Å². The van der Waals surface area contributed by atoms with Crippen molar-refractivity contribution in [3.8, 4) is 22.6 Å². The highest BCUT2D eigenvalue weighted by Gasteiger charge is 2.30. The molecular weight excluding hydrogens is 538 g/mol. The second-order valence-electron chi connectivity index (χ2n) is 10.4. The zero-order chi connectivity index (χ0) is 28.8. The molecule has 0 saturated carbocycles. The lowest BCUT2D eigenvalue weighted by atomic mass is 9.88. The molecule has 5 rings (SSSR count). The number of ether oxygens (including phenoxy) is 2. The number of amides is 1. The minimum absolute atomic E-state index is 0.0543. The van der Waals surface area contributed by atoms with Gasteiger partial charge in [-0.15, -0.1) is 0 Å². The van der Waals surface area contributed by atoms with Crippen molar-refractivity contribution in [3.05, 3.63) is 84.1 Å². The number of piperidine rings is 1. The quantitative estimate of drug-likeness (QED) is 0.224. The summed E-state index contributed by atoms with van der Waals surface area (Å²) in [5.74, 6) is 1.36. The maximum Gasteiger partial charge on any atom is 0.221 e. The molecule has 41 heavy (non-hydrogen) atoms. The Morgan fingerprint density at radius 3 is 2.32 bits per heavy atom. The lowest BCUT2D eigenvalue weighted by molar-refractivity contribution is -0.117. The molecule has 4 aromatic rings. The van der Waals surface area contributed by atoms with Gasteiger partial charge in [-0.1, -0.05) is 30.3 Å². The number of carbonyl (C=O) groups excluding carboxylic acids is 1. The van der Waals surface area contributed by atoms with Gasteiger partial charge in [-0.05, 0) is 90.8 Å². The van der Waals surface area contributed by atoms with Gasteiger partial charge in [0.1, 0.15) is 11.5 Å². The molecule has 1 aliphatic heterocycles. The first-order chi connectivity index (χ1) is 19.8. The van der Waals surface area contributed by atoms with Crippen molar-refractivity contribution in [2.45, 2.75) is 38.5 Å². The fourth-order valence-corrected chi connectivity index (χ4v) is 7.10. The predicted molar refractivity (Wildman–Crippen MR) is 162 cm³/mol. The largest absolute Gasteiger partial charge is 0.494 e. The first-order valence-electron chi connectivity index (χ1n) is 14.1. The first-order valence-corrected chi connectivity index (χ1v) is 15.8. The second kappa shape index (κ2) is 12.8. The Balaban J connectivity index is 1.22. The Morgan fingerprint density at radius 1 is 0.976 bits per heavy atom. The normalized spacial score (nSPS) is 14.8. The van der Waals surface area contributed by atoms with Crippen molar-refractivity contribution < 1.29 is 22.7 Å². The van der Waals surface area contributed by atoms with Gasteiger partial charge in [-0.25, -0.2) is 12.7 Å². The number of hydrogen-bond acceptors (Lipinski definition) is 5. The summed E-state index contributed by atoms with van der Waals surface area (Å²) in [6.45, 7) is 3.82. The monoisotopic (exact) mass is 575 g/mol. The zero-order valence-corrected chi connectivity index (χ0v) is 24.2. The van der Waals surface area contributed by atoms with Crippen molar-refractivity contribution in [2.75, 3.05) is 32.1 Å². The second-order valence-corrected chi connectivity index (χ2v) is 12.5. The Hall–Kier alpha value is -3.82. The molecule has 0 spiro atoms. The van der Waals surface area contributed by atoms with E-state index in [0.29, 0.717) is 38.5 Å². The van der Waals surface area contributed by atoms with Crippen LogP contribution in [0.1, 0.15) is 43.2 Å². The van der Waals surface area contributed by atoms with E-state index in [0.717, 1.165) is 51.7 Å². The third-order valence-electron chi connectivity index (χ3n) is 7.61. The Morgan fingerprint density at radius 2 is 1.66 bits per heavy atom. The number of benzene rings is 3. The number of rotatable bonds is 12. The smallest absolute Gasteiger partial charge is 0.221 e. The minimum atomic E-state index is -3.38. The van der Waals surface area contributed by atoms with Crippen LogP contribution in [-0.4, -0.2) is 55.7 Å². The molecular formula is C32H37N3O5S. The van der Waals surface area contributed by atoms with Crippen molar-refractivity contribution in [3.63, 3.8) is 0 Å². The van der Waals surface area contributed by atoms with Gasteiger partial charge in [0, 0.05) is 30.2 Å². The van der Waals surface area contributed by atoms with Crippen molar-refractivity contribution in [1.82, 2.24) is 9.29 Å². The summed E-state index contributed by atoms with van der Waals surface area (Å²) in [6, 6.07) is 21.6. The number of hydrogen-bond donors (Lipinski definition) is 2. The average Bonchev–Trinajstić information content (AvgIpc) is 3.41. The lowest BCUT2D eigenvalue weighted by Crippen LogP contribution is -2.39. The van der Waals surface area contributed by atoms with Crippen molar-refractivity contribution in [2.24, 2.45) is 5.73 Å². The fourth-order valence-electron chi connectivity index (χ4n) is 5.59. The average molecular weight is 576 g/mol. The van der Waals surface area contributed by atoms with Crippen LogP contribution in [0.15, 0.2) is 72.9 Å². The number of primary amides is 1. The summed E-state index contributed by atoms with van der Waals surface area (Å²) in [4.78, 5) is 15.2. The van der Waals surface area contributed by atoms with Gasteiger partial charge in [0.25, 0.3) is 0 Å². The van der Waals surface area contributed by atoms with Crippen LogP contribution in [0, 0.1) is 0 Å². The number of nitrogens with zero attached hydrogens (tertiary/aromatic N) is 1. The minimum Gasteiger partial charge on any atom is -0.494 e. The lowest BCUT2D eigenvalue weighted by Gasteiger charge is -2.31. The van der Waals surface area contributed by atoms with E-state index in [1.165, 1.54) is 0 Å². The van der Waals surface area contributed by atoms with Gasteiger partial charge >= 0.3 is 0 Å². The summed E-state index contributed by atoms with van der Waals surface area (Å²) in [5.41, 5.74) is 10.6. The van der Waals surface area contributed by atoms with Crippen molar-refractivity contribution >= 4 is 26.8 Å². The molecule has 0 unspecified atom stereocenters. The number of nitrogens with one attached hydrogen (secondary N) is 1. The first kappa shape index (κ1) is 28.7. The molecule has 0 atom stereocenters. The van der Waals surface area contributed by atoms with Crippen LogP contribution >= 0.6 is 0 Å². The van der Waals surface area contributed by atoms with Crippen molar-refractivity contribution in [1.29, 1.82) is 0 Å². The van der Waals surface area contributed by atoms with E-state index in [4.69, 9.17) is 15.2 Å². The van der Waals surface area contributed by atoms with E-state index in [-0.39, 0.29) is 24.0 Å². The molecule has 3 aromatic carbocycles. The molecule has 0 radical (unpaired) electrons. The van der Waals surface area contributed by atoms with Crippen LogP contribution in [-0.2, 0) is 21.2 Å². The van der Waals surface area contributed by atoms with Gasteiger partial charge in [0.2, 0.25) is 15.9 Å². The molecule has 9 heteroatoms. The zero-order valence-electron chi connectivity index (χ0n) is 23.3. The highest BCUT2D eigenvalue weighted by Crippen LogP contribution is 2.37. The summed E-state index contributed by atoms with van der Waals surface area (Å²) in [7, 11) is -3.38. The molecule has 1 amide bonds. The van der Waals surface area contributed by atoms with Crippen LogP contribution in [0.3, 0.4) is 0 Å². The fraction of sp³-hybridized carbons (Fsp3) is 0.344. The molecule has 2 heterocycles. The highest BCUT2D eigenvalue weighted by molar-refractivity contribution is 7.89. The van der Waals surface area contributed by atoms with E-state index in [1.807, 2.05) is 73.8 Å². The molecule has 216 valence electrons. The Bertz CT molecular complexity index is 1580. The van der Waals surface area contributed by atoms with Crippen LogP contribution in [0.2, 0.25) is 0 Å². The molecule has 0 bridgehead atoms. The molecule has 1 aliphatic rings. The topological polar surface area (TPSA) is 115 Å². The third kappa shape index (κ3) is 6.92. The van der Waals surface area contributed by atoms with E-state index < -0.39 is 10.0 Å². The molecule has 1 aromatic heterocycles. The Labute approximate surface area is 241 Å². The molecule has 8 nitrogen and oxygen atoms in total. The number of H-pyrrole nitrogens is 1. The highest BCUT2D eigenvalue weighted by atomic mass is 32.2. The van der Waals surface area contributed by atoms with Crippen LogP contribution < -0.4 is 15.2 Å². The Kier molecular flexibility index (Phi) is 8.95. The SMILES string of the molecule is CCOc1ccc(OCCCS(=O)(=O)N2CCC(c3c[nH]c4c(CC(N)=O)cc(-c5ccccc5)cc34)CC2)cc1. The molecule has 1 fully saturated rings. The van der Waals surface area contributed by atoms with Gasteiger partial charge in [0.15, 0.2) is 0 Å². The van der Waals surface area contributed by atoms with E-state index in [1.54, 1.807) is 4.31 Å². The van der Waals surface area contributed by atoms with Gasteiger partial charge in [-0.3, -0.25) is 4.79 Å². The maximum atomic E-state index is 13.1. The third-order valence-corrected chi connectivity index (χ3v) is 9.57. The summed E-state index contributed by atoms with van der Waals surface area (Å²) in [5, 5.41) is 1.07. The number of carbonyl (C=O) groups is 1. The van der Waals surface area contributed by atoms with Crippen LogP contribution in [0.4, 0.5) is 0 Å². The summed E-state index contributed by atoms with van der Waals surface area (Å²) < 4.78 is 38.9. The summed E-state index contributed by atoms with van der Waals surface area (Å²) >= 11 is 0. The maximum absolute atomic E-state index is 13.1. The molecule has 1 saturated heterocycles. The number of sulfonamides is 1. The predicted octanol–water partition coefficient (Wildman–Crippen LogP) is 5.24. The number of nitrogens with two attached hydrogens (primary N) is 1. The van der Waals surface area contributed by atoms with E-state index in [9.17, 15) is 13.2 Å². The molecule has 0 aliphatic carbocycles. The van der Waals surface area contributed by atoms with Crippen LogP contribution in [0.5, 0.6) is 11.5 Å². The number of aromatic amines is 1. The summed E-state index contributed by atoms with van der Waals surface area (Å²) in [6.07, 6.45) is 4.04. The van der Waals surface area contributed by atoms with Gasteiger partial charge in [-0.2, -0.15) is 0 Å². The van der Waals surface area contributed by atoms with E-state index in [2.05, 4.69) is 11.1 Å². The molecule has 3 N–H and O–H groups in total. The van der Waals surface area contributed by atoms with E-state index >= 15 is 0 Å². The number of fused-ring (bicyclic) bond motifs is 1. The van der Waals surface area contributed by atoms with Gasteiger partial charge in [0.05, 0.1) is 25.4 Å². The van der Waals surface area contributed by atoms with Crippen LogP contribution in [0.25, 0.3) is 22.0 Å². The standard InChI is InChI=1S/C32H37N3O5S/c1-2-39-27-9-11-28(12-10-27)40-17-6-18-41(37,38)35-15-13-24(14-16-35)30-22-34-32-26(21-31(33)36)19-25(20-29(30)32)23-7-4-3-5-8-23/h3-5,7-12,19-20,22,24,34H,2,6,13-18,21H2,1H3,(H2,33,36).